The summed E-state index contributed by atoms with van der Waals surface area (Å²) < 4.78 is 5.11. The number of hydrogen-bond acceptors (Lipinski definition) is 6. The van der Waals surface area contributed by atoms with Crippen molar-refractivity contribution in [2.24, 2.45) is 0 Å². The third-order valence-corrected chi connectivity index (χ3v) is 6.43. The van der Waals surface area contributed by atoms with Crippen LogP contribution < -0.4 is 5.32 Å². The Hall–Kier alpha value is -2.29. The van der Waals surface area contributed by atoms with E-state index in [2.05, 4.69) is 15.3 Å². The van der Waals surface area contributed by atoms with E-state index in [1.165, 1.54) is 23.1 Å². The highest BCUT2D eigenvalue weighted by Crippen LogP contribution is 2.33. The molecule has 152 valence electrons. The SMILES string of the molecule is CCOC(=O)c1c(NC(=O)CSc2ncc(-c3ccc(Cl)cc3)[nH]2)sc(C)c1C. The first-order valence-corrected chi connectivity index (χ1v) is 11.1. The number of aryl methyl sites for hydroxylation is 1. The van der Waals surface area contributed by atoms with Gasteiger partial charge < -0.3 is 15.0 Å². The van der Waals surface area contributed by atoms with Crippen molar-refractivity contribution in [1.29, 1.82) is 0 Å². The topological polar surface area (TPSA) is 84.1 Å². The van der Waals surface area contributed by atoms with Crippen molar-refractivity contribution in [2.45, 2.75) is 25.9 Å². The Labute approximate surface area is 182 Å². The Morgan fingerprint density at radius 2 is 2.00 bits per heavy atom. The first kappa shape index (κ1) is 21.4. The number of halogens is 1. The normalized spacial score (nSPS) is 10.8. The second-order valence-electron chi connectivity index (χ2n) is 6.15. The van der Waals surface area contributed by atoms with E-state index in [1.807, 2.05) is 38.1 Å². The van der Waals surface area contributed by atoms with Gasteiger partial charge >= 0.3 is 5.97 Å². The molecule has 0 fully saturated rings. The highest BCUT2D eigenvalue weighted by molar-refractivity contribution is 7.99. The van der Waals surface area contributed by atoms with Crippen LogP contribution in [0.25, 0.3) is 11.3 Å². The smallest absolute Gasteiger partial charge is 0.341 e. The fourth-order valence-corrected chi connectivity index (χ4v) is 4.45. The molecule has 2 aromatic heterocycles. The average molecular weight is 450 g/mol. The lowest BCUT2D eigenvalue weighted by atomic mass is 10.1. The third kappa shape index (κ3) is 5.20. The molecule has 2 N–H and O–H groups in total. The first-order valence-electron chi connectivity index (χ1n) is 8.89. The number of thioether (sulfide) groups is 1. The highest BCUT2D eigenvalue weighted by atomic mass is 35.5. The second-order valence-corrected chi connectivity index (χ2v) is 8.78. The molecule has 0 saturated carbocycles. The predicted octanol–water partition coefficient (Wildman–Crippen LogP) is 5.32. The van der Waals surface area contributed by atoms with Crippen LogP contribution in [-0.4, -0.2) is 34.2 Å². The Kier molecular flexibility index (Phi) is 7.00. The second kappa shape index (κ2) is 9.47. The molecule has 0 atom stereocenters. The molecule has 3 aromatic rings. The summed E-state index contributed by atoms with van der Waals surface area (Å²) in [5.41, 5.74) is 3.06. The van der Waals surface area contributed by atoms with Gasteiger partial charge in [-0.25, -0.2) is 9.78 Å². The molecular weight excluding hydrogens is 430 g/mol. The molecule has 0 saturated heterocycles. The van der Waals surface area contributed by atoms with Crippen molar-refractivity contribution in [3.8, 4) is 11.3 Å². The number of carbonyl (C=O) groups is 2. The maximum Gasteiger partial charge on any atom is 0.341 e. The number of H-pyrrole nitrogens is 1. The molecule has 9 heteroatoms. The van der Waals surface area contributed by atoms with Crippen LogP contribution in [0, 0.1) is 13.8 Å². The molecule has 0 aliphatic heterocycles. The fraction of sp³-hybridized carbons (Fsp3) is 0.250. The zero-order chi connectivity index (χ0) is 21.0. The molecule has 0 spiro atoms. The number of anilines is 1. The third-order valence-electron chi connectivity index (χ3n) is 4.17. The van der Waals surface area contributed by atoms with E-state index in [9.17, 15) is 9.59 Å². The molecule has 29 heavy (non-hydrogen) atoms. The summed E-state index contributed by atoms with van der Waals surface area (Å²) in [5, 5.41) is 4.65. The number of nitrogens with zero attached hydrogens (tertiary/aromatic N) is 1. The number of rotatable bonds is 7. The number of aromatic amines is 1. The predicted molar refractivity (Wildman–Crippen MR) is 118 cm³/mol. The van der Waals surface area contributed by atoms with Crippen LogP contribution >= 0.6 is 34.7 Å². The Balaban J connectivity index is 1.63. The number of imidazole rings is 1. The van der Waals surface area contributed by atoms with Crippen molar-refractivity contribution in [1.82, 2.24) is 9.97 Å². The van der Waals surface area contributed by atoms with Gasteiger partial charge in [-0.1, -0.05) is 35.5 Å². The highest BCUT2D eigenvalue weighted by Gasteiger charge is 2.22. The summed E-state index contributed by atoms with van der Waals surface area (Å²) in [5.74, 6) is -0.478. The van der Waals surface area contributed by atoms with Gasteiger partial charge in [0.25, 0.3) is 0 Å². The van der Waals surface area contributed by atoms with Crippen LogP contribution in [0.15, 0.2) is 35.6 Å². The maximum absolute atomic E-state index is 12.4. The molecule has 0 bridgehead atoms. The van der Waals surface area contributed by atoms with Crippen LogP contribution in [0.1, 0.15) is 27.7 Å². The van der Waals surface area contributed by atoms with E-state index in [0.717, 1.165) is 21.7 Å². The van der Waals surface area contributed by atoms with Gasteiger partial charge in [-0.3, -0.25) is 4.79 Å². The maximum atomic E-state index is 12.4. The zero-order valence-corrected chi connectivity index (χ0v) is 18.6. The molecule has 0 unspecified atom stereocenters. The first-order chi connectivity index (χ1) is 13.9. The van der Waals surface area contributed by atoms with Crippen LogP contribution in [0.3, 0.4) is 0 Å². The lowest BCUT2D eigenvalue weighted by molar-refractivity contribution is -0.113. The Morgan fingerprint density at radius 1 is 1.28 bits per heavy atom. The average Bonchev–Trinajstić information content (AvgIpc) is 3.26. The molecule has 0 aliphatic carbocycles. The van der Waals surface area contributed by atoms with Crippen LogP contribution in [0.4, 0.5) is 5.00 Å². The van der Waals surface area contributed by atoms with E-state index < -0.39 is 5.97 Å². The van der Waals surface area contributed by atoms with Gasteiger partial charge in [0, 0.05) is 9.90 Å². The van der Waals surface area contributed by atoms with E-state index in [-0.39, 0.29) is 18.3 Å². The number of thiophene rings is 1. The number of aromatic nitrogens is 2. The van der Waals surface area contributed by atoms with Gasteiger partial charge in [-0.2, -0.15) is 0 Å². The Morgan fingerprint density at radius 3 is 2.69 bits per heavy atom. The van der Waals surface area contributed by atoms with Gasteiger partial charge in [0.1, 0.15) is 5.00 Å². The summed E-state index contributed by atoms with van der Waals surface area (Å²) in [4.78, 5) is 33.1. The summed E-state index contributed by atoms with van der Waals surface area (Å²) >= 11 is 8.57. The number of benzene rings is 1. The number of carbonyl (C=O) groups excluding carboxylic acids is 2. The summed E-state index contributed by atoms with van der Waals surface area (Å²) in [6, 6.07) is 7.42. The van der Waals surface area contributed by atoms with Crippen molar-refractivity contribution in [2.75, 3.05) is 17.7 Å². The molecule has 1 amide bonds. The van der Waals surface area contributed by atoms with Crippen LogP contribution in [0.2, 0.25) is 5.02 Å². The fourth-order valence-electron chi connectivity index (χ4n) is 2.61. The van der Waals surface area contributed by atoms with E-state index in [1.54, 1.807) is 13.1 Å². The van der Waals surface area contributed by atoms with E-state index in [4.69, 9.17) is 16.3 Å². The minimum Gasteiger partial charge on any atom is -0.462 e. The lowest BCUT2D eigenvalue weighted by Gasteiger charge is -2.06. The summed E-state index contributed by atoms with van der Waals surface area (Å²) in [6.45, 7) is 5.80. The van der Waals surface area contributed by atoms with Crippen molar-refractivity contribution in [3.63, 3.8) is 0 Å². The zero-order valence-electron chi connectivity index (χ0n) is 16.2. The van der Waals surface area contributed by atoms with Crippen LogP contribution in [-0.2, 0) is 9.53 Å². The van der Waals surface area contributed by atoms with Crippen molar-refractivity contribution < 1.29 is 14.3 Å². The van der Waals surface area contributed by atoms with Gasteiger partial charge in [-0.05, 0) is 44.0 Å². The van der Waals surface area contributed by atoms with Crippen molar-refractivity contribution in [3.05, 3.63) is 51.5 Å². The molecule has 6 nitrogen and oxygen atoms in total. The summed E-state index contributed by atoms with van der Waals surface area (Å²) in [6.07, 6.45) is 1.72. The van der Waals surface area contributed by atoms with E-state index in [0.29, 0.717) is 20.7 Å². The Bertz CT molecular complexity index is 1030. The van der Waals surface area contributed by atoms with Gasteiger partial charge in [-0.15, -0.1) is 11.3 Å². The number of amides is 1. The largest absolute Gasteiger partial charge is 0.462 e. The van der Waals surface area contributed by atoms with Gasteiger partial charge in [0.15, 0.2) is 5.16 Å². The monoisotopic (exact) mass is 449 g/mol. The number of nitrogens with one attached hydrogen (secondary N) is 2. The molecule has 0 radical (unpaired) electrons. The number of hydrogen-bond donors (Lipinski definition) is 2. The van der Waals surface area contributed by atoms with Crippen LogP contribution in [0.5, 0.6) is 0 Å². The minimum absolute atomic E-state index is 0.159. The molecular formula is C20H20ClN3O3S2. The van der Waals surface area contributed by atoms with E-state index >= 15 is 0 Å². The van der Waals surface area contributed by atoms with Gasteiger partial charge in [0.05, 0.1) is 29.8 Å². The molecule has 0 aliphatic rings. The minimum atomic E-state index is -0.420. The number of esters is 1. The standard InChI is InChI=1S/C20H20ClN3O3S2/c1-4-27-19(26)17-11(2)12(3)29-18(17)24-16(25)10-28-20-22-9-15(23-20)13-5-7-14(21)8-6-13/h5-9H,4,10H2,1-3H3,(H,22,23)(H,24,25). The van der Waals surface area contributed by atoms with Crippen molar-refractivity contribution >= 4 is 51.6 Å². The molecule has 2 heterocycles. The number of ether oxygens (including phenoxy) is 1. The summed E-state index contributed by atoms with van der Waals surface area (Å²) in [7, 11) is 0. The van der Waals surface area contributed by atoms with Gasteiger partial charge in [0.2, 0.25) is 5.91 Å². The molecule has 1 aromatic carbocycles. The quantitative estimate of drug-likeness (QED) is 0.377. The molecule has 3 rings (SSSR count). The lowest BCUT2D eigenvalue weighted by Crippen LogP contribution is -2.16.